The van der Waals surface area contributed by atoms with Gasteiger partial charge in [0.05, 0.1) is 8.07 Å². The molecule has 0 radical (unpaired) electrons. The second-order valence-electron chi connectivity index (χ2n) is 9.14. The van der Waals surface area contributed by atoms with Crippen molar-refractivity contribution in [3.8, 4) is 11.5 Å². The van der Waals surface area contributed by atoms with Crippen molar-refractivity contribution in [3.05, 3.63) is 54.1 Å². The van der Waals surface area contributed by atoms with Crippen LogP contribution in [0.25, 0.3) is 0 Å². The molecule has 1 aliphatic heterocycles. The van der Waals surface area contributed by atoms with E-state index in [0.717, 1.165) is 12.0 Å². The monoisotopic (exact) mass is 428 g/mol. The summed E-state index contributed by atoms with van der Waals surface area (Å²) in [7, 11) is -1.87. The van der Waals surface area contributed by atoms with E-state index in [9.17, 15) is 4.79 Å². The molecule has 0 aliphatic carbocycles. The van der Waals surface area contributed by atoms with Gasteiger partial charge in [-0.15, -0.1) is 0 Å². The highest BCUT2D eigenvalue weighted by Crippen LogP contribution is 2.43. The van der Waals surface area contributed by atoms with E-state index in [1.165, 1.54) is 5.19 Å². The SMILES string of the molecule is CCO[C@H]1C[C@@H]([Si](C)(C)c2ccccc2)c2ccc(OC(=O)OC(C)(C)C)cc2O1. The maximum absolute atomic E-state index is 12.1. The second-order valence-corrected chi connectivity index (χ2v) is 13.9. The molecule has 0 saturated carbocycles. The fourth-order valence-electron chi connectivity index (χ4n) is 3.88. The molecule has 0 N–H and O–H groups in total. The van der Waals surface area contributed by atoms with Crippen molar-refractivity contribution in [2.24, 2.45) is 0 Å². The molecule has 2 aromatic rings. The van der Waals surface area contributed by atoms with Crippen molar-refractivity contribution in [3.63, 3.8) is 0 Å². The summed E-state index contributed by atoms with van der Waals surface area (Å²) in [5.74, 6) is 1.11. The van der Waals surface area contributed by atoms with Gasteiger partial charge in [0.15, 0.2) is 6.29 Å². The lowest BCUT2D eigenvalue weighted by atomic mass is 10.0. The largest absolute Gasteiger partial charge is 0.514 e. The summed E-state index contributed by atoms with van der Waals surface area (Å²) in [5.41, 5.74) is 0.844. The van der Waals surface area contributed by atoms with E-state index in [1.807, 2.05) is 19.1 Å². The lowest BCUT2D eigenvalue weighted by molar-refractivity contribution is -0.0877. The molecule has 0 saturated heterocycles. The van der Waals surface area contributed by atoms with E-state index >= 15 is 0 Å². The molecule has 162 valence electrons. The van der Waals surface area contributed by atoms with E-state index in [-0.39, 0.29) is 6.29 Å². The van der Waals surface area contributed by atoms with Crippen LogP contribution >= 0.6 is 0 Å². The van der Waals surface area contributed by atoms with Crippen LogP contribution in [0.3, 0.4) is 0 Å². The van der Waals surface area contributed by atoms with Gasteiger partial charge in [0.1, 0.15) is 17.1 Å². The zero-order valence-corrected chi connectivity index (χ0v) is 19.7. The number of ether oxygens (including phenoxy) is 4. The van der Waals surface area contributed by atoms with Crippen LogP contribution in [0.2, 0.25) is 13.1 Å². The zero-order valence-electron chi connectivity index (χ0n) is 18.7. The van der Waals surface area contributed by atoms with Gasteiger partial charge in [-0.1, -0.05) is 54.7 Å². The predicted octanol–water partition coefficient (Wildman–Crippen LogP) is 5.38. The van der Waals surface area contributed by atoms with Gasteiger partial charge >= 0.3 is 6.16 Å². The van der Waals surface area contributed by atoms with Gasteiger partial charge in [-0.25, -0.2) is 4.79 Å². The Morgan fingerprint density at radius 2 is 1.83 bits per heavy atom. The van der Waals surface area contributed by atoms with E-state index < -0.39 is 19.8 Å². The minimum absolute atomic E-state index is 0.316. The highest BCUT2D eigenvalue weighted by Gasteiger charge is 2.41. The molecule has 0 spiro atoms. The Morgan fingerprint density at radius 3 is 2.47 bits per heavy atom. The first-order valence-corrected chi connectivity index (χ1v) is 13.6. The van der Waals surface area contributed by atoms with E-state index in [0.29, 0.717) is 23.6 Å². The molecule has 0 aromatic heterocycles. The third-order valence-electron chi connectivity index (χ3n) is 5.38. The molecule has 5 nitrogen and oxygen atoms in total. The molecule has 0 unspecified atom stereocenters. The Kier molecular flexibility index (Phi) is 6.58. The molecule has 30 heavy (non-hydrogen) atoms. The minimum Gasteiger partial charge on any atom is -0.465 e. The second kappa shape index (κ2) is 8.82. The Bertz CT molecular complexity index is 873. The van der Waals surface area contributed by atoms with Gasteiger partial charge < -0.3 is 18.9 Å². The van der Waals surface area contributed by atoms with Crippen LogP contribution in [0.15, 0.2) is 48.5 Å². The average Bonchev–Trinajstić information content (AvgIpc) is 2.66. The molecule has 0 fully saturated rings. The van der Waals surface area contributed by atoms with Crippen molar-refractivity contribution in [2.75, 3.05) is 6.61 Å². The van der Waals surface area contributed by atoms with Crippen molar-refractivity contribution in [2.45, 2.75) is 64.6 Å². The Balaban J connectivity index is 1.92. The number of fused-ring (bicyclic) bond motifs is 1. The normalized spacial score (nSPS) is 18.9. The predicted molar refractivity (Wildman–Crippen MR) is 120 cm³/mol. The maximum atomic E-state index is 12.1. The molecule has 1 heterocycles. The molecular weight excluding hydrogens is 396 g/mol. The summed E-state index contributed by atoms with van der Waals surface area (Å²) in [6, 6.07) is 16.3. The van der Waals surface area contributed by atoms with Gasteiger partial charge in [0, 0.05) is 19.1 Å². The van der Waals surface area contributed by atoms with Crippen LogP contribution in [0.5, 0.6) is 11.5 Å². The molecular formula is C24H32O5Si. The third kappa shape index (κ3) is 5.23. The first-order chi connectivity index (χ1) is 14.1. The van der Waals surface area contributed by atoms with Crippen LogP contribution in [0.4, 0.5) is 4.79 Å². The molecule has 2 aromatic carbocycles. The minimum atomic E-state index is -1.87. The first-order valence-electron chi connectivity index (χ1n) is 10.5. The topological polar surface area (TPSA) is 54.0 Å². The Morgan fingerprint density at radius 1 is 1.13 bits per heavy atom. The fourth-order valence-corrected chi connectivity index (χ4v) is 7.14. The van der Waals surface area contributed by atoms with Crippen LogP contribution in [0, 0.1) is 0 Å². The number of carbonyl (C=O) groups excluding carboxylic acids is 1. The fraction of sp³-hybridized carbons (Fsp3) is 0.458. The molecule has 0 amide bonds. The van der Waals surface area contributed by atoms with E-state index in [4.69, 9.17) is 18.9 Å². The van der Waals surface area contributed by atoms with E-state index in [2.05, 4.69) is 43.4 Å². The Hall–Kier alpha value is -2.31. The van der Waals surface area contributed by atoms with Crippen LogP contribution < -0.4 is 14.7 Å². The summed E-state index contributed by atoms with van der Waals surface area (Å²) in [6.45, 7) is 12.7. The lowest BCUT2D eigenvalue weighted by Gasteiger charge is -2.40. The van der Waals surface area contributed by atoms with Crippen molar-refractivity contribution in [1.82, 2.24) is 0 Å². The average molecular weight is 429 g/mol. The highest BCUT2D eigenvalue weighted by molar-refractivity contribution is 6.91. The standard InChI is InChI=1S/C24H32O5Si/c1-7-26-22-16-21(30(5,6)18-11-9-8-10-12-18)19-14-13-17(15-20(19)28-22)27-23(25)29-24(2,3)4/h8-15,21-22H,7,16H2,1-6H3/t21-,22-/m1/s1. The maximum Gasteiger partial charge on any atom is 0.514 e. The smallest absolute Gasteiger partial charge is 0.465 e. The van der Waals surface area contributed by atoms with E-state index in [1.54, 1.807) is 26.8 Å². The number of rotatable bonds is 5. The molecule has 2 atom stereocenters. The summed E-state index contributed by atoms with van der Waals surface area (Å²) in [5, 5.41) is 1.40. The molecule has 3 rings (SSSR count). The highest BCUT2D eigenvalue weighted by atomic mass is 28.3. The first kappa shape index (κ1) is 22.4. The van der Waals surface area contributed by atoms with Crippen LogP contribution in [-0.4, -0.2) is 32.7 Å². The van der Waals surface area contributed by atoms with Crippen molar-refractivity contribution < 1.29 is 23.7 Å². The number of hydrogen-bond donors (Lipinski definition) is 0. The van der Waals surface area contributed by atoms with Crippen molar-refractivity contribution >= 4 is 19.4 Å². The third-order valence-corrected chi connectivity index (χ3v) is 9.49. The lowest BCUT2D eigenvalue weighted by Crippen LogP contribution is -2.50. The van der Waals surface area contributed by atoms with Crippen LogP contribution in [-0.2, 0) is 9.47 Å². The number of benzene rings is 2. The summed E-state index contributed by atoms with van der Waals surface area (Å²) in [6.07, 6.45) is -0.240. The zero-order chi connectivity index (χ0) is 21.9. The van der Waals surface area contributed by atoms with Gasteiger partial charge in [-0.2, -0.15) is 0 Å². The molecule has 6 heteroatoms. The number of hydrogen-bond acceptors (Lipinski definition) is 5. The van der Waals surface area contributed by atoms with Gasteiger partial charge in [-0.05, 0) is 44.9 Å². The quantitative estimate of drug-likeness (QED) is 0.363. The Labute approximate surface area is 180 Å². The molecule has 0 bridgehead atoms. The summed E-state index contributed by atoms with van der Waals surface area (Å²) in [4.78, 5) is 12.1. The van der Waals surface area contributed by atoms with Gasteiger partial charge in [0.2, 0.25) is 0 Å². The summed E-state index contributed by atoms with van der Waals surface area (Å²) < 4.78 is 22.6. The number of carbonyl (C=O) groups is 1. The van der Waals surface area contributed by atoms with Crippen LogP contribution in [0.1, 0.15) is 45.2 Å². The summed E-state index contributed by atoms with van der Waals surface area (Å²) >= 11 is 0. The van der Waals surface area contributed by atoms with Gasteiger partial charge in [-0.3, -0.25) is 0 Å². The van der Waals surface area contributed by atoms with Crippen molar-refractivity contribution in [1.29, 1.82) is 0 Å². The molecule has 1 aliphatic rings. The van der Waals surface area contributed by atoms with Gasteiger partial charge in [0.25, 0.3) is 0 Å².